The summed E-state index contributed by atoms with van der Waals surface area (Å²) in [5, 5.41) is 0. The highest BCUT2D eigenvalue weighted by Crippen LogP contribution is 2.24. The molecule has 1 aromatic rings. The second-order valence-corrected chi connectivity index (χ2v) is 5.21. The van der Waals surface area contributed by atoms with E-state index in [4.69, 9.17) is 0 Å². The van der Waals surface area contributed by atoms with Crippen molar-refractivity contribution in [2.75, 3.05) is 0 Å². The van der Waals surface area contributed by atoms with Crippen molar-refractivity contribution >= 4 is 5.91 Å². The predicted octanol–water partition coefficient (Wildman–Crippen LogP) is 1.79. The molecule has 2 atom stereocenters. The number of amides is 1. The molecule has 98 valence electrons. The number of aryl methyl sites for hydroxylation is 1. The van der Waals surface area contributed by atoms with Gasteiger partial charge in [0, 0.05) is 31.4 Å². The number of likely N-dealkylation sites (tertiary alicyclic amines) is 1. The average Bonchev–Trinajstić information content (AvgIpc) is 2.32. The summed E-state index contributed by atoms with van der Waals surface area (Å²) in [4.78, 5) is 25.8. The van der Waals surface area contributed by atoms with Gasteiger partial charge in [0.05, 0.1) is 5.56 Å². The van der Waals surface area contributed by atoms with E-state index in [9.17, 15) is 9.59 Å². The van der Waals surface area contributed by atoms with Gasteiger partial charge < -0.3 is 9.47 Å². The average molecular weight is 248 g/mol. The molecule has 0 spiro atoms. The van der Waals surface area contributed by atoms with E-state index in [-0.39, 0.29) is 23.6 Å². The number of hydrogen-bond donors (Lipinski definition) is 0. The Bertz CT molecular complexity index is 497. The number of hydrogen-bond acceptors (Lipinski definition) is 2. The lowest BCUT2D eigenvalue weighted by Crippen LogP contribution is -2.47. The van der Waals surface area contributed by atoms with E-state index in [1.807, 2.05) is 4.90 Å². The minimum Gasteiger partial charge on any atom is -0.333 e. The third kappa shape index (κ3) is 2.33. The Hall–Kier alpha value is -1.58. The van der Waals surface area contributed by atoms with Crippen LogP contribution in [0, 0.1) is 0 Å². The Kier molecular flexibility index (Phi) is 3.55. The Balaban J connectivity index is 2.29. The lowest BCUT2D eigenvalue weighted by Gasteiger charge is -2.39. The second kappa shape index (κ2) is 4.96. The monoisotopic (exact) mass is 248 g/mol. The number of carbonyl (C=O) groups excluding carboxylic acids is 1. The molecule has 0 saturated carbocycles. The van der Waals surface area contributed by atoms with E-state index < -0.39 is 0 Å². The Morgan fingerprint density at radius 3 is 2.39 bits per heavy atom. The summed E-state index contributed by atoms with van der Waals surface area (Å²) in [6, 6.07) is 3.63. The molecule has 2 heterocycles. The summed E-state index contributed by atoms with van der Waals surface area (Å²) in [7, 11) is 1.67. The van der Waals surface area contributed by atoms with Crippen LogP contribution in [0.1, 0.15) is 43.5 Å². The first-order chi connectivity index (χ1) is 8.50. The zero-order chi connectivity index (χ0) is 13.3. The van der Waals surface area contributed by atoms with Crippen LogP contribution in [-0.2, 0) is 7.05 Å². The maximum Gasteiger partial charge on any atom is 0.255 e. The zero-order valence-electron chi connectivity index (χ0n) is 11.2. The van der Waals surface area contributed by atoms with Gasteiger partial charge >= 0.3 is 0 Å². The summed E-state index contributed by atoms with van der Waals surface area (Å²) >= 11 is 0. The van der Waals surface area contributed by atoms with Crippen molar-refractivity contribution in [2.24, 2.45) is 7.05 Å². The largest absolute Gasteiger partial charge is 0.333 e. The fourth-order valence-electron chi connectivity index (χ4n) is 2.69. The van der Waals surface area contributed by atoms with Crippen LogP contribution in [0.25, 0.3) is 0 Å². The molecule has 0 aliphatic carbocycles. The molecule has 1 aromatic heterocycles. The number of rotatable bonds is 1. The second-order valence-electron chi connectivity index (χ2n) is 5.21. The first-order valence-electron chi connectivity index (χ1n) is 6.50. The summed E-state index contributed by atoms with van der Waals surface area (Å²) in [5.41, 5.74) is 0.504. The molecule has 0 bridgehead atoms. The minimum absolute atomic E-state index is 0.0327. The van der Waals surface area contributed by atoms with Crippen LogP contribution in [-0.4, -0.2) is 27.5 Å². The molecule has 4 heteroatoms. The van der Waals surface area contributed by atoms with Gasteiger partial charge in [-0.15, -0.1) is 0 Å². The third-order valence-electron chi connectivity index (χ3n) is 3.76. The van der Waals surface area contributed by atoms with Crippen LogP contribution < -0.4 is 5.56 Å². The molecule has 1 amide bonds. The predicted molar refractivity (Wildman–Crippen MR) is 70.6 cm³/mol. The summed E-state index contributed by atoms with van der Waals surface area (Å²) < 4.78 is 1.45. The molecule has 4 nitrogen and oxygen atoms in total. The number of aromatic nitrogens is 1. The van der Waals surface area contributed by atoms with Crippen LogP contribution in [0.4, 0.5) is 0 Å². The number of piperidine rings is 1. The molecule has 0 radical (unpaired) electrons. The van der Waals surface area contributed by atoms with Crippen LogP contribution in [0.2, 0.25) is 0 Å². The molecule has 1 saturated heterocycles. The van der Waals surface area contributed by atoms with Gasteiger partial charge in [0.15, 0.2) is 0 Å². The van der Waals surface area contributed by atoms with Crippen LogP contribution in [0.5, 0.6) is 0 Å². The highest BCUT2D eigenvalue weighted by atomic mass is 16.2. The van der Waals surface area contributed by atoms with Gasteiger partial charge in [-0.25, -0.2) is 0 Å². The van der Waals surface area contributed by atoms with Crippen molar-refractivity contribution in [3.8, 4) is 0 Å². The van der Waals surface area contributed by atoms with E-state index in [2.05, 4.69) is 13.8 Å². The van der Waals surface area contributed by atoms with Crippen molar-refractivity contribution in [3.05, 3.63) is 34.2 Å². The topological polar surface area (TPSA) is 42.3 Å². The third-order valence-corrected chi connectivity index (χ3v) is 3.76. The van der Waals surface area contributed by atoms with E-state index in [1.54, 1.807) is 19.3 Å². The normalized spacial score (nSPS) is 24.1. The molecular formula is C14H20N2O2. The van der Waals surface area contributed by atoms with Crippen molar-refractivity contribution in [3.63, 3.8) is 0 Å². The standard InChI is InChI=1S/C14H20N2O2/c1-10-5-4-6-11(2)16(10)14(18)12-7-8-13(17)15(3)9-12/h7-11H,4-6H2,1-3H3. The highest BCUT2D eigenvalue weighted by Gasteiger charge is 2.29. The summed E-state index contributed by atoms with van der Waals surface area (Å²) in [6.07, 6.45) is 4.92. The summed E-state index contributed by atoms with van der Waals surface area (Å²) in [5.74, 6) is 0.0327. The molecule has 0 aromatic carbocycles. The van der Waals surface area contributed by atoms with Gasteiger partial charge in [-0.1, -0.05) is 0 Å². The first kappa shape index (κ1) is 12.9. The van der Waals surface area contributed by atoms with E-state index in [0.29, 0.717) is 5.56 Å². The molecule has 1 aliphatic rings. The van der Waals surface area contributed by atoms with Crippen LogP contribution in [0.15, 0.2) is 23.1 Å². The maximum absolute atomic E-state index is 12.5. The van der Waals surface area contributed by atoms with Gasteiger partial charge in [-0.05, 0) is 39.2 Å². The minimum atomic E-state index is -0.0914. The molecule has 1 fully saturated rings. The SMILES string of the molecule is CC1CCCC(C)N1C(=O)c1ccc(=O)n(C)c1. The fraction of sp³-hybridized carbons (Fsp3) is 0.571. The van der Waals surface area contributed by atoms with Crippen LogP contribution in [0.3, 0.4) is 0 Å². The van der Waals surface area contributed by atoms with E-state index in [0.717, 1.165) is 12.8 Å². The Labute approximate surface area is 107 Å². The Morgan fingerprint density at radius 2 is 1.83 bits per heavy atom. The smallest absolute Gasteiger partial charge is 0.255 e. The van der Waals surface area contributed by atoms with Gasteiger partial charge in [0.2, 0.25) is 5.56 Å². The molecule has 0 N–H and O–H groups in total. The fourth-order valence-corrected chi connectivity index (χ4v) is 2.69. The van der Waals surface area contributed by atoms with E-state index in [1.165, 1.54) is 17.1 Å². The molecule has 1 aliphatic heterocycles. The van der Waals surface area contributed by atoms with Crippen LogP contribution >= 0.6 is 0 Å². The number of pyridine rings is 1. The molecule has 2 unspecified atom stereocenters. The number of nitrogens with zero attached hydrogens (tertiary/aromatic N) is 2. The quantitative estimate of drug-likeness (QED) is 0.760. The first-order valence-corrected chi connectivity index (χ1v) is 6.50. The van der Waals surface area contributed by atoms with Gasteiger partial charge in [-0.3, -0.25) is 9.59 Å². The molecule has 2 rings (SSSR count). The number of carbonyl (C=O) groups is 1. The van der Waals surface area contributed by atoms with Crippen molar-refractivity contribution in [2.45, 2.75) is 45.2 Å². The molecule has 18 heavy (non-hydrogen) atoms. The van der Waals surface area contributed by atoms with Crippen molar-refractivity contribution < 1.29 is 4.79 Å². The van der Waals surface area contributed by atoms with Gasteiger partial charge in [-0.2, -0.15) is 0 Å². The van der Waals surface area contributed by atoms with Crippen molar-refractivity contribution in [1.82, 2.24) is 9.47 Å². The summed E-state index contributed by atoms with van der Waals surface area (Å²) in [6.45, 7) is 4.19. The van der Waals surface area contributed by atoms with Crippen molar-refractivity contribution in [1.29, 1.82) is 0 Å². The van der Waals surface area contributed by atoms with Gasteiger partial charge in [0.1, 0.15) is 0 Å². The van der Waals surface area contributed by atoms with Gasteiger partial charge in [0.25, 0.3) is 5.91 Å². The molecular weight excluding hydrogens is 228 g/mol. The zero-order valence-corrected chi connectivity index (χ0v) is 11.2. The lowest BCUT2D eigenvalue weighted by atomic mass is 9.96. The highest BCUT2D eigenvalue weighted by molar-refractivity contribution is 5.94. The maximum atomic E-state index is 12.5. The Morgan fingerprint density at radius 1 is 1.22 bits per heavy atom. The lowest BCUT2D eigenvalue weighted by molar-refractivity contribution is 0.0510. The van der Waals surface area contributed by atoms with E-state index >= 15 is 0 Å².